The van der Waals surface area contributed by atoms with Crippen molar-refractivity contribution in [2.45, 2.75) is 12.5 Å². The van der Waals surface area contributed by atoms with Crippen LogP contribution in [0.1, 0.15) is 17.2 Å². The van der Waals surface area contributed by atoms with Gasteiger partial charge in [-0.05, 0) is 17.2 Å². The highest BCUT2D eigenvalue weighted by Gasteiger charge is 2.20. The molecule has 1 atom stereocenters. The second-order valence-electron chi connectivity index (χ2n) is 3.52. The highest BCUT2D eigenvalue weighted by atomic mass is 16.2. The van der Waals surface area contributed by atoms with Crippen LogP contribution in [0.15, 0.2) is 18.2 Å². The largest absolute Gasteiger partial charge is 0.368 e. The van der Waals surface area contributed by atoms with Gasteiger partial charge in [-0.1, -0.05) is 12.1 Å². The highest BCUT2D eigenvalue weighted by Crippen LogP contribution is 2.25. The summed E-state index contributed by atoms with van der Waals surface area (Å²) >= 11 is 0. The Morgan fingerprint density at radius 1 is 1.47 bits per heavy atom. The van der Waals surface area contributed by atoms with E-state index in [2.05, 4.69) is 5.32 Å². The van der Waals surface area contributed by atoms with Crippen LogP contribution in [0.5, 0.6) is 0 Å². The molecule has 5 N–H and O–H groups in total. The van der Waals surface area contributed by atoms with Crippen molar-refractivity contribution in [1.82, 2.24) is 0 Å². The van der Waals surface area contributed by atoms with E-state index >= 15 is 0 Å². The molecule has 1 aliphatic heterocycles. The predicted octanol–water partition coefficient (Wildman–Crippen LogP) is -0.334. The second kappa shape index (κ2) is 3.36. The quantitative estimate of drug-likeness (QED) is 0.616. The fourth-order valence-electron chi connectivity index (χ4n) is 1.61. The molecule has 0 saturated heterocycles. The molecule has 5 heteroatoms. The van der Waals surface area contributed by atoms with E-state index in [1.54, 1.807) is 18.2 Å². The molecule has 2 amide bonds. The number of nitrogens with two attached hydrogens (primary N) is 2. The van der Waals surface area contributed by atoms with Crippen LogP contribution >= 0.6 is 0 Å². The number of benzene rings is 1. The summed E-state index contributed by atoms with van der Waals surface area (Å²) in [6, 6.07) is 4.35. The third kappa shape index (κ3) is 1.69. The Bertz CT molecular complexity index is 442. The number of rotatable bonds is 2. The van der Waals surface area contributed by atoms with E-state index in [0.717, 1.165) is 11.3 Å². The number of carbonyl (C=O) groups excluding carboxylic acids is 2. The summed E-state index contributed by atoms with van der Waals surface area (Å²) in [5.74, 6) is -0.623. The van der Waals surface area contributed by atoms with Gasteiger partial charge in [0, 0.05) is 5.69 Å². The molecule has 1 heterocycles. The van der Waals surface area contributed by atoms with Gasteiger partial charge >= 0.3 is 0 Å². The molecule has 0 radical (unpaired) electrons. The van der Waals surface area contributed by atoms with Crippen molar-refractivity contribution in [3.8, 4) is 0 Å². The van der Waals surface area contributed by atoms with Gasteiger partial charge < -0.3 is 16.8 Å². The number of amides is 2. The summed E-state index contributed by atoms with van der Waals surface area (Å²) in [6.07, 6.45) is 0.328. The van der Waals surface area contributed by atoms with Crippen LogP contribution < -0.4 is 16.8 Å². The van der Waals surface area contributed by atoms with E-state index in [1.165, 1.54) is 0 Å². The number of anilines is 1. The number of fused-ring (bicyclic) bond motifs is 1. The summed E-state index contributed by atoms with van der Waals surface area (Å²) in [5, 5.41) is 2.70. The maximum absolute atomic E-state index is 11.1. The van der Waals surface area contributed by atoms with Crippen LogP contribution in [0, 0.1) is 0 Å². The van der Waals surface area contributed by atoms with E-state index in [4.69, 9.17) is 11.5 Å². The Labute approximate surface area is 86.4 Å². The van der Waals surface area contributed by atoms with Crippen LogP contribution in [-0.2, 0) is 16.0 Å². The van der Waals surface area contributed by atoms with E-state index in [1.807, 2.05) is 0 Å². The van der Waals surface area contributed by atoms with E-state index in [9.17, 15) is 9.59 Å². The van der Waals surface area contributed by atoms with Crippen molar-refractivity contribution in [2.24, 2.45) is 11.5 Å². The monoisotopic (exact) mass is 205 g/mol. The molecule has 1 unspecified atom stereocenters. The lowest BCUT2D eigenvalue weighted by Gasteiger charge is -2.08. The first-order chi connectivity index (χ1) is 7.08. The molecule has 0 bridgehead atoms. The number of carbonyl (C=O) groups is 2. The van der Waals surface area contributed by atoms with Gasteiger partial charge in [0.15, 0.2) is 0 Å². The maximum atomic E-state index is 11.1. The van der Waals surface area contributed by atoms with Crippen LogP contribution in [-0.4, -0.2) is 11.8 Å². The van der Waals surface area contributed by atoms with Gasteiger partial charge in [0.05, 0.1) is 6.42 Å². The van der Waals surface area contributed by atoms with Gasteiger partial charge in [-0.25, -0.2) is 0 Å². The Hall–Kier alpha value is -1.88. The smallest absolute Gasteiger partial charge is 0.238 e. The zero-order chi connectivity index (χ0) is 11.0. The van der Waals surface area contributed by atoms with Gasteiger partial charge in [-0.15, -0.1) is 0 Å². The lowest BCUT2D eigenvalue weighted by molar-refractivity contribution is -0.119. The SMILES string of the molecule is NC(=O)C(N)c1ccc2c(c1)CC(=O)N2. The molecule has 0 aromatic heterocycles. The molecule has 1 aliphatic rings. The normalized spacial score (nSPS) is 15.7. The van der Waals surface area contributed by atoms with Gasteiger partial charge in [-0.3, -0.25) is 9.59 Å². The summed E-state index contributed by atoms with van der Waals surface area (Å²) < 4.78 is 0. The van der Waals surface area contributed by atoms with Crippen molar-refractivity contribution in [3.63, 3.8) is 0 Å². The number of nitrogens with one attached hydrogen (secondary N) is 1. The minimum Gasteiger partial charge on any atom is -0.368 e. The van der Waals surface area contributed by atoms with Crippen LogP contribution in [0.25, 0.3) is 0 Å². The lowest BCUT2D eigenvalue weighted by Crippen LogP contribution is -2.28. The van der Waals surface area contributed by atoms with Crippen molar-refractivity contribution in [1.29, 1.82) is 0 Å². The molecular formula is C10H11N3O2. The van der Waals surface area contributed by atoms with Gasteiger partial charge in [0.1, 0.15) is 6.04 Å². The number of primary amides is 1. The number of hydrogen-bond donors (Lipinski definition) is 3. The minimum absolute atomic E-state index is 0.0465. The van der Waals surface area contributed by atoms with Crippen molar-refractivity contribution in [3.05, 3.63) is 29.3 Å². The average Bonchev–Trinajstić information content (AvgIpc) is 2.55. The fourth-order valence-corrected chi connectivity index (χ4v) is 1.61. The first-order valence-corrected chi connectivity index (χ1v) is 4.55. The Balaban J connectivity index is 2.35. The van der Waals surface area contributed by atoms with Crippen molar-refractivity contribution < 1.29 is 9.59 Å². The third-order valence-corrected chi connectivity index (χ3v) is 2.42. The molecule has 5 nitrogen and oxygen atoms in total. The summed E-state index contributed by atoms with van der Waals surface area (Å²) in [7, 11) is 0. The first-order valence-electron chi connectivity index (χ1n) is 4.55. The van der Waals surface area contributed by atoms with Crippen LogP contribution in [0.2, 0.25) is 0 Å². The summed E-state index contributed by atoms with van der Waals surface area (Å²) in [4.78, 5) is 22.0. The molecular weight excluding hydrogens is 194 g/mol. The zero-order valence-corrected chi connectivity index (χ0v) is 7.99. The van der Waals surface area contributed by atoms with Crippen LogP contribution in [0.4, 0.5) is 5.69 Å². The Morgan fingerprint density at radius 2 is 2.20 bits per heavy atom. The van der Waals surface area contributed by atoms with Gasteiger partial charge in [0.2, 0.25) is 11.8 Å². The van der Waals surface area contributed by atoms with Crippen molar-refractivity contribution in [2.75, 3.05) is 5.32 Å². The molecule has 1 aromatic rings. The molecule has 0 aliphatic carbocycles. The predicted molar refractivity (Wildman–Crippen MR) is 54.9 cm³/mol. The average molecular weight is 205 g/mol. The lowest BCUT2D eigenvalue weighted by atomic mass is 10.0. The maximum Gasteiger partial charge on any atom is 0.238 e. The molecule has 1 aromatic carbocycles. The van der Waals surface area contributed by atoms with E-state index in [0.29, 0.717) is 12.0 Å². The van der Waals surface area contributed by atoms with E-state index in [-0.39, 0.29) is 5.91 Å². The van der Waals surface area contributed by atoms with Gasteiger partial charge in [0.25, 0.3) is 0 Å². The fraction of sp³-hybridized carbons (Fsp3) is 0.200. The topological polar surface area (TPSA) is 98.2 Å². The second-order valence-corrected chi connectivity index (χ2v) is 3.52. The summed E-state index contributed by atoms with van der Waals surface area (Å²) in [5.41, 5.74) is 13.0. The highest BCUT2D eigenvalue weighted by molar-refractivity contribution is 5.99. The Morgan fingerprint density at radius 3 is 2.87 bits per heavy atom. The standard InChI is InChI=1S/C10H11N3O2/c11-9(10(12)15)5-1-2-7-6(3-5)4-8(14)13-7/h1-3,9H,4,11H2,(H2,12,15)(H,13,14). The molecule has 0 spiro atoms. The molecule has 2 rings (SSSR count). The van der Waals surface area contributed by atoms with Crippen LogP contribution in [0.3, 0.4) is 0 Å². The van der Waals surface area contributed by atoms with E-state index < -0.39 is 11.9 Å². The van der Waals surface area contributed by atoms with Crippen molar-refractivity contribution >= 4 is 17.5 Å². The Kier molecular flexibility index (Phi) is 2.17. The molecule has 0 saturated carbocycles. The first kappa shape index (κ1) is 9.67. The molecule has 0 fully saturated rings. The minimum atomic E-state index is -0.814. The number of hydrogen-bond acceptors (Lipinski definition) is 3. The van der Waals surface area contributed by atoms with Gasteiger partial charge in [-0.2, -0.15) is 0 Å². The zero-order valence-electron chi connectivity index (χ0n) is 7.99. The summed E-state index contributed by atoms with van der Waals surface area (Å²) in [6.45, 7) is 0. The molecule has 78 valence electrons. The molecule has 15 heavy (non-hydrogen) atoms. The third-order valence-electron chi connectivity index (χ3n) is 2.42.